The van der Waals surface area contributed by atoms with Gasteiger partial charge >= 0.3 is 5.97 Å². The SMILES string of the molecule is CN(CCOc1ccccc1)C(=O)CCc1ccccc1C(=O)O. The lowest BCUT2D eigenvalue weighted by Crippen LogP contribution is -2.31. The van der Waals surface area contributed by atoms with Crippen LogP contribution in [-0.2, 0) is 11.2 Å². The maximum atomic E-state index is 12.2. The van der Waals surface area contributed by atoms with Gasteiger partial charge in [0.15, 0.2) is 0 Å². The molecule has 24 heavy (non-hydrogen) atoms. The Bertz CT molecular complexity index is 685. The molecular weight excluding hydrogens is 306 g/mol. The number of likely N-dealkylation sites (N-methyl/N-ethyl adjacent to an activating group) is 1. The Hall–Kier alpha value is -2.82. The van der Waals surface area contributed by atoms with Crippen LogP contribution in [0.15, 0.2) is 54.6 Å². The molecule has 0 spiro atoms. The van der Waals surface area contributed by atoms with Gasteiger partial charge in [0.25, 0.3) is 0 Å². The zero-order chi connectivity index (χ0) is 17.4. The number of aromatic carboxylic acids is 1. The van der Waals surface area contributed by atoms with Crippen LogP contribution < -0.4 is 4.74 Å². The number of carboxylic acids is 1. The Morgan fingerprint density at radius 3 is 2.42 bits per heavy atom. The van der Waals surface area contributed by atoms with E-state index in [1.807, 2.05) is 30.3 Å². The van der Waals surface area contributed by atoms with E-state index in [2.05, 4.69) is 0 Å². The lowest BCUT2D eigenvalue weighted by molar-refractivity contribution is -0.130. The van der Waals surface area contributed by atoms with Gasteiger partial charge in [0.1, 0.15) is 12.4 Å². The van der Waals surface area contributed by atoms with Crippen molar-refractivity contribution < 1.29 is 19.4 Å². The Morgan fingerprint density at radius 2 is 1.71 bits per heavy atom. The molecular formula is C19H21NO4. The second-order valence-electron chi connectivity index (χ2n) is 5.44. The molecule has 0 unspecified atom stereocenters. The molecule has 0 aliphatic rings. The normalized spacial score (nSPS) is 10.2. The zero-order valence-electron chi connectivity index (χ0n) is 13.6. The lowest BCUT2D eigenvalue weighted by Gasteiger charge is -2.17. The number of ether oxygens (including phenoxy) is 1. The van der Waals surface area contributed by atoms with Crippen molar-refractivity contribution >= 4 is 11.9 Å². The molecule has 1 amide bonds. The summed E-state index contributed by atoms with van der Waals surface area (Å²) < 4.78 is 5.57. The predicted octanol–water partition coefficient (Wildman–Crippen LogP) is 2.85. The summed E-state index contributed by atoms with van der Waals surface area (Å²) in [5, 5.41) is 9.15. The summed E-state index contributed by atoms with van der Waals surface area (Å²) in [5.74, 6) is -0.233. The smallest absolute Gasteiger partial charge is 0.335 e. The molecule has 0 saturated heterocycles. The topological polar surface area (TPSA) is 66.8 Å². The first kappa shape index (κ1) is 17.5. The molecule has 0 aromatic heterocycles. The average Bonchev–Trinajstić information content (AvgIpc) is 2.60. The molecule has 0 fully saturated rings. The highest BCUT2D eigenvalue weighted by atomic mass is 16.5. The maximum absolute atomic E-state index is 12.2. The van der Waals surface area contributed by atoms with Crippen LogP contribution in [0.4, 0.5) is 0 Å². The minimum atomic E-state index is -0.970. The van der Waals surface area contributed by atoms with Crippen molar-refractivity contribution in [2.24, 2.45) is 0 Å². The number of carbonyl (C=O) groups excluding carboxylic acids is 1. The summed E-state index contributed by atoms with van der Waals surface area (Å²) in [6.07, 6.45) is 0.678. The van der Waals surface area contributed by atoms with E-state index in [1.54, 1.807) is 36.2 Å². The molecule has 0 radical (unpaired) electrons. The predicted molar refractivity (Wildman–Crippen MR) is 91.3 cm³/mol. The van der Waals surface area contributed by atoms with E-state index in [9.17, 15) is 9.59 Å². The van der Waals surface area contributed by atoms with E-state index in [0.717, 1.165) is 5.75 Å². The standard InChI is InChI=1S/C19H21NO4/c1-20(13-14-24-16-8-3-2-4-9-16)18(21)12-11-15-7-5-6-10-17(15)19(22)23/h2-10H,11-14H2,1H3,(H,22,23). The molecule has 5 heteroatoms. The summed E-state index contributed by atoms with van der Waals surface area (Å²) in [4.78, 5) is 24.9. The second kappa shape index (κ2) is 8.72. The monoisotopic (exact) mass is 327 g/mol. The average molecular weight is 327 g/mol. The molecule has 0 heterocycles. The van der Waals surface area contributed by atoms with Gasteiger partial charge in [-0.15, -0.1) is 0 Å². The third-order valence-electron chi connectivity index (χ3n) is 3.72. The van der Waals surface area contributed by atoms with Crippen molar-refractivity contribution in [2.75, 3.05) is 20.2 Å². The molecule has 2 aromatic carbocycles. The van der Waals surface area contributed by atoms with Gasteiger partial charge in [0.2, 0.25) is 5.91 Å². The number of hydrogen-bond acceptors (Lipinski definition) is 3. The first-order valence-corrected chi connectivity index (χ1v) is 7.81. The number of carboxylic acid groups (broad SMARTS) is 1. The second-order valence-corrected chi connectivity index (χ2v) is 5.44. The Kier molecular flexibility index (Phi) is 6.37. The number of amides is 1. The quantitative estimate of drug-likeness (QED) is 0.809. The van der Waals surface area contributed by atoms with Gasteiger partial charge in [-0.1, -0.05) is 36.4 Å². The number of hydrogen-bond donors (Lipinski definition) is 1. The summed E-state index contributed by atoms with van der Waals surface area (Å²) in [5.41, 5.74) is 0.924. The van der Waals surface area contributed by atoms with Crippen molar-refractivity contribution in [3.8, 4) is 5.75 Å². The van der Waals surface area contributed by atoms with Crippen LogP contribution in [-0.4, -0.2) is 42.1 Å². The summed E-state index contributed by atoms with van der Waals surface area (Å²) in [7, 11) is 1.72. The van der Waals surface area contributed by atoms with Crippen molar-refractivity contribution in [2.45, 2.75) is 12.8 Å². The van der Waals surface area contributed by atoms with Crippen LogP contribution in [0.3, 0.4) is 0 Å². The number of nitrogens with zero attached hydrogens (tertiary/aromatic N) is 1. The number of carbonyl (C=O) groups is 2. The fourth-order valence-electron chi connectivity index (χ4n) is 2.32. The largest absolute Gasteiger partial charge is 0.492 e. The van der Waals surface area contributed by atoms with Gasteiger partial charge in [-0.05, 0) is 30.2 Å². The minimum Gasteiger partial charge on any atom is -0.492 e. The van der Waals surface area contributed by atoms with Crippen molar-refractivity contribution in [1.29, 1.82) is 0 Å². The Labute approximate surface area is 141 Å². The first-order chi connectivity index (χ1) is 11.6. The molecule has 2 aromatic rings. The number of aryl methyl sites for hydroxylation is 1. The fraction of sp³-hybridized carbons (Fsp3) is 0.263. The minimum absolute atomic E-state index is 0.0353. The van der Waals surface area contributed by atoms with Crippen molar-refractivity contribution in [3.05, 3.63) is 65.7 Å². The van der Waals surface area contributed by atoms with E-state index < -0.39 is 5.97 Å². The van der Waals surface area contributed by atoms with Crippen molar-refractivity contribution in [3.63, 3.8) is 0 Å². The van der Waals surface area contributed by atoms with E-state index in [0.29, 0.717) is 25.1 Å². The molecule has 1 N–H and O–H groups in total. The number of para-hydroxylation sites is 1. The van der Waals surface area contributed by atoms with E-state index in [-0.39, 0.29) is 17.9 Å². The number of benzene rings is 2. The molecule has 5 nitrogen and oxygen atoms in total. The summed E-state index contributed by atoms with van der Waals surface area (Å²) in [6, 6.07) is 16.2. The first-order valence-electron chi connectivity index (χ1n) is 7.81. The molecule has 0 aliphatic heterocycles. The summed E-state index contributed by atoms with van der Waals surface area (Å²) in [6.45, 7) is 0.895. The lowest BCUT2D eigenvalue weighted by atomic mass is 10.0. The molecule has 0 saturated carbocycles. The van der Waals surface area contributed by atoms with Crippen LogP contribution >= 0.6 is 0 Å². The third-order valence-corrected chi connectivity index (χ3v) is 3.72. The molecule has 2 rings (SSSR count). The molecule has 0 bridgehead atoms. The van der Waals surface area contributed by atoms with Crippen molar-refractivity contribution in [1.82, 2.24) is 4.90 Å². The van der Waals surface area contributed by atoms with E-state index in [1.165, 1.54) is 0 Å². The van der Waals surface area contributed by atoms with Crippen LogP contribution in [0.5, 0.6) is 5.75 Å². The van der Waals surface area contributed by atoms with Gasteiger partial charge < -0.3 is 14.7 Å². The van der Waals surface area contributed by atoms with Gasteiger partial charge in [-0.3, -0.25) is 4.79 Å². The van der Waals surface area contributed by atoms with Gasteiger partial charge in [-0.2, -0.15) is 0 Å². The van der Waals surface area contributed by atoms with Crippen LogP contribution in [0.1, 0.15) is 22.3 Å². The third kappa shape index (κ3) is 5.12. The molecule has 126 valence electrons. The van der Waals surface area contributed by atoms with Gasteiger partial charge in [0, 0.05) is 13.5 Å². The Morgan fingerprint density at radius 1 is 1.04 bits per heavy atom. The zero-order valence-corrected chi connectivity index (χ0v) is 13.6. The van der Waals surface area contributed by atoms with Gasteiger partial charge in [0.05, 0.1) is 12.1 Å². The molecule has 0 atom stereocenters. The molecule has 0 aliphatic carbocycles. The van der Waals surface area contributed by atoms with E-state index >= 15 is 0 Å². The highest BCUT2D eigenvalue weighted by Crippen LogP contribution is 2.12. The highest BCUT2D eigenvalue weighted by molar-refractivity contribution is 5.89. The van der Waals surface area contributed by atoms with Crippen LogP contribution in [0.25, 0.3) is 0 Å². The van der Waals surface area contributed by atoms with Crippen LogP contribution in [0, 0.1) is 0 Å². The van der Waals surface area contributed by atoms with E-state index in [4.69, 9.17) is 9.84 Å². The van der Waals surface area contributed by atoms with Gasteiger partial charge in [-0.25, -0.2) is 4.79 Å². The fourth-order valence-corrected chi connectivity index (χ4v) is 2.32. The van der Waals surface area contributed by atoms with Crippen LogP contribution in [0.2, 0.25) is 0 Å². The Balaban J connectivity index is 1.79. The summed E-state index contributed by atoms with van der Waals surface area (Å²) >= 11 is 0. The number of rotatable bonds is 8. The maximum Gasteiger partial charge on any atom is 0.335 e. The highest BCUT2D eigenvalue weighted by Gasteiger charge is 2.13.